The largest absolute Gasteiger partial charge is 0.384 e. The number of aliphatic hydroxyl groups excluding tert-OH is 1. The number of rotatable bonds is 3. The van der Waals surface area contributed by atoms with Crippen LogP contribution in [0.4, 0.5) is 0 Å². The standard InChI is InChI=1S/C18H20O/c1-12-7-8-15(11-13(12)2)18(19)17-6-4-3-5-16(17)14-9-10-14/h3-8,11,14,18-19H,9-10H2,1-2H3. The van der Waals surface area contributed by atoms with Gasteiger partial charge in [0.25, 0.3) is 0 Å². The Bertz CT molecular complexity index is 596. The van der Waals surface area contributed by atoms with Crippen LogP contribution in [0.2, 0.25) is 0 Å². The third-order valence-electron chi connectivity index (χ3n) is 4.15. The molecule has 0 aliphatic heterocycles. The van der Waals surface area contributed by atoms with Crippen molar-refractivity contribution in [1.82, 2.24) is 0 Å². The molecule has 98 valence electrons. The summed E-state index contributed by atoms with van der Waals surface area (Å²) in [6.45, 7) is 4.20. The molecular weight excluding hydrogens is 232 g/mol. The van der Waals surface area contributed by atoms with E-state index in [1.54, 1.807) is 0 Å². The van der Waals surface area contributed by atoms with Crippen LogP contribution >= 0.6 is 0 Å². The van der Waals surface area contributed by atoms with Crippen molar-refractivity contribution in [2.45, 2.75) is 38.7 Å². The van der Waals surface area contributed by atoms with Crippen LogP contribution in [0.25, 0.3) is 0 Å². The van der Waals surface area contributed by atoms with Crippen LogP contribution in [0, 0.1) is 13.8 Å². The molecule has 0 heterocycles. The third kappa shape index (κ3) is 2.43. The van der Waals surface area contributed by atoms with Crippen molar-refractivity contribution in [3.05, 3.63) is 70.3 Å². The van der Waals surface area contributed by atoms with E-state index in [-0.39, 0.29) is 0 Å². The normalized spacial score (nSPS) is 16.4. The minimum absolute atomic E-state index is 0.504. The zero-order valence-corrected chi connectivity index (χ0v) is 11.6. The van der Waals surface area contributed by atoms with Gasteiger partial charge in [-0.15, -0.1) is 0 Å². The zero-order chi connectivity index (χ0) is 13.4. The lowest BCUT2D eigenvalue weighted by Gasteiger charge is -2.17. The lowest BCUT2D eigenvalue weighted by atomic mass is 9.93. The maximum Gasteiger partial charge on any atom is 0.104 e. The van der Waals surface area contributed by atoms with Crippen molar-refractivity contribution < 1.29 is 5.11 Å². The van der Waals surface area contributed by atoms with Crippen LogP contribution in [0.1, 0.15) is 52.7 Å². The molecule has 1 unspecified atom stereocenters. The molecule has 0 spiro atoms. The number of hydrogen-bond acceptors (Lipinski definition) is 1. The Morgan fingerprint density at radius 3 is 2.42 bits per heavy atom. The molecule has 1 atom stereocenters. The van der Waals surface area contributed by atoms with Gasteiger partial charge in [0.2, 0.25) is 0 Å². The van der Waals surface area contributed by atoms with Crippen LogP contribution in [0.5, 0.6) is 0 Å². The minimum Gasteiger partial charge on any atom is -0.384 e. The number of aryl methyl sites for hydroxylation is 2. The van der Waals surface area contributed by atoms with E-state index in [9.17, 15) is 5.11 Å². The average molecular weight is 252 g/mol. The molecule has 0 amide bonds. The van der Waals surface area contributed by atoms with Crippen LogP contribution in [-0.2, 0) is 0 Å². The monoisotopic (exact) mass is 252 g/mol. The van der Waals surface area contributed by atoms with Crippen LogP contribution < -0.4 is 0 Å². The Morgan fingerprint density at radius 2 is 1.74 bits per heavy atom. The minimum atomic E-state index is -0.504. The lowest BCUT2D eigenvalue weighted by Crippen LogP contribution is -2.04. The second-order valence-electron chi connectivity index (χ2n) is 5.65. The predicted molar refractivity (Wildman–Crippen MR) is 78.4 cm³/mol. The Labute approximate surface area is 114 Å². The Balaban J connectivity index is 1.99. The first kappa shape index (κ1) is 12.4. The summed E-state index contributed by atoms with van der Waals surface area (Å²) in [5, 5.41) is 10.7. The van der Waals surface area contributed by atoms with E-state index in [0.717, 1.165) is 11.1 Å². The Kier molecular flexibility index (Phi) is 3.16. The second kappa shape index (κ2) is 4.82. The van der Waals surface area contributed by atoms with Gasteiger partial charge in [-0.25, -0.2) is 0 Å². The smallest absolute Gasteiger partial charge is 0.104 e. The number of hydrogen-bond donors (Lipinski definition) is 1. The van der Waals surface area contributed by atoms with Crippen molar-refractivity contribution >= 4 is 0 Å². The molecule has 1 aliphatic rings. The molecule has 1 N–H and O–H groups in total. The van der Waals surface area contributed by atoms with Gasteiger partial charge in [0, 0.05) is 0 Å². The first-order valence-corrected chi connectivity index (χ1v) is 7.01. The van der Waals surface area contributed by atoms with Crippen molar-refractivity contribution in [3.63, 3.8) is 0 Å². The maximum atomic E-state index is 10.7. The van der Waals surface area contributed by atoms with Crippen LogP contribution in [0.15, 0.2) is 42.5 Å². The summed E-state index contributed by atoms with van der Waals surface area (Å²) in [5.74, 6) is 0.664. The lowest BCUT2D eigenvalue weighted by molar-refractivity contribution is 0.219. The number of aliphatic hydroxyl groups is 1. The summed E-state index contributed by atoms with van der Waals surface area (Å²) in [5.41, 5.74) is 5.91. The summed E-state index contributed by atoms with van der Waals surface area (Å²) in [6, 6.07) is 14.6. The molecule has 0 bridgehead atoms. The van der Waals surface area contributed by atoms with Gasteiger partial charge in [0.15, 0.2) is 0 Å². The fourth-order valence-electron chi connectivity index (χ4n) is 2.64. The highest BCUT2D eigenvalue weighted by Gasteiger charge is 2.27. The van der Waals surface area contributed by atoms with E-state index in [1.807, 2.05) is 12.1 Å². The molecule has 3 rings (SSSR count). The van der Waals surface area contributed by atoms with Gasteiger partial charge in [0.05, 0.1) is 0 Å². The molecular formula is C18H20O. The quantitative estimate of drug-likeness (QED) is 0.865. The average Bonchev–Trinajstić information content (AvgIpc) is 3.25. The van der Waals surface area contributed by atoms with E-state index in [1.165, 1.54) is 29.5 Å². The molecule has 0 saturated heterocycles. The van der Waals surface area contributed by atoms with Gasteiger partial charge in [-0.3, -0.25) is 0 Å². The van der Waals surface area contributed by atoms with E-state index < -0.39 is 6.10 Å². The van der Waals surface area contributed by atoms with Gasteiger partial charge in [-0.05, 0) is 60.4 Å². The number of benzene rings is 2. The molecule has 1 nitrogen and oxygen atoms in total. The molecule has 19 heavy (non-hydrogen) atoms. The van der Waals surface area contributed by atoms with Gasteiger partial charge >= 0.3 is 0 Å². The third-order valence-corrected chi connectivity index (χ3v) is 4.15. The molecule has 0 radical (unpaired) electrons. The van der Waals surface area contributed by atoms with Crippen LogP contribution in [-0.4, -0.2) is 5.11 Å². The summed E-state index contributed by atoms with van der Waals surface area (Å²) < 4.78 is 0. The van der Waals surface area contributed by atoms with Crippen molar-refractivity contribution in [2.75, 3.05) is 0 Å². The predicted octanol–water partition coefficient (Wildman–Crippen LogP) is 4.26. The molecule has 1 fully saturated rings. The summed E-state index contributed by atoms with van der Waals surface area (Å²) in [7, 11) is 0. The van der Waals surface area contributed by atoms with Gasteiger partial charge in [-0.1, -0.05) is 42.5 Å². The zero-order valence-electron chi connectivity index (χ0n) is 11.6. The molecule has 2 aromatic carbocycles. The maximum absolute atomic E-state index is 10.7. The second-order valence-corrected chi connectivity index (χ2v) is 5.65. The van der Waals surface area contributed by atoms with E-state index in [2.05, 4.69) is 44.2 Å². The topological polar surface area (TPSA) is 20.2 Å². The van der Waals surface area contributed by atoms with Gasteiger partial charge in [0.1, 0.15) is 6.10 Å². The first-order chi connectivity index (χ1) is 9.16. The van der Waals surface area contributed by atoms with E-state index >= 15 is 0 Å². The molecule has 2 aromatic rings. The molecule has 0 aromatic heterocycles. The van der Waals surface area contributed by atoms with Crippen molar-refractivity contribution in [2.24, 2.45) is 0 Å². The highest BCUT2D eigenvalue weighted by molar-refractivity contribution is 5.41. The highest BCUT2D eigenvalue weighted by Crippen LogP contribution is 2.43. The Morgan fingerprint density at radius 1 is 1.00 bits per heavy atom. The fraction of sp³-hybridized carbons (Fsp3) is 0.333. The van der Waals surface area contributed by atoms with Gasteiger partial charge < -0.3 is 5.11 Å². The summed E-state index contributed by atoms with van der Waals surface area (Å²) >= 11 is 0. The highest BCUT2D eigenvalue weighted by atomic mass is 16.3. The SMILES string of the molecule is Cc1ccc(C(O)c2ccccc2C2CC2)cc1C. The van der Waals surface area contributed by atoms with E-state index in [4.69, 9.17) is 0 Å². The molecule has 1 heteroatoms. The van der Waals surface area contributed by atoms with Crippen LogP contribution in [0.3, 0.4) is 0 Å². The summed E-state index contributed by atoms with van der Waals surface area (Å²) in [6.07, 6.45) is 2.02. The van der Waals surface area contributed by atoms with Gasteiger partial charge in [-0.2, -0.15) is 0 Å². The first-order valence-electron chi connectivity index (χ1n) is 7.01. The summed E-state index contributed by atoms with van der Waals surface area (Å²) in [4.78, 5) is 0. The van der Waals surface area contributed by atoms with E-state index in [0.29, 0.717) is 5.92 Å². The van der Waals surface area contributed by atoms with Crippen molar-refractivity contribution in [3.8, 4) is 0 Å². The molecule has 1 aliphatic carbocycles. The fourth-order valence-corrected chi connectivity index (χ4v) is 2.64. The molecule has 1 saturated carbocycles. The van der Waals surface area contributed by atoms with Crippen molar-refractivity contribution in [1.29, 1.82) is 0 Å². The Hall–Kier alpha value is -1.60.